The highest BCUT2D eigenvalue weighted by molar-refractivity contribution is 5.98. The minimum Gasteiger partial charge on any atom is -0.443 e. The third-order valence-corrected chi connectivity index (χ3v) is 9.67. The van der Waals surface area contributed by atoms with Crippen molar-refractivity contribution < 1.29 is 23.9 Å². The number of amides is 3. The van der Waals surface area contributed by atoms with E-state index in [2.05, 4.69) is 10.6 Å². The van der Waals surface area contributed by atoms with Gasteiger partial charge in [-0.1, -0.05) is 18.2 Å². The molecule has 2 N–H and O–H groups in total. The fourth-order valence-corrected chi connectivity index (χ4v) is 6.57. The second-order valence-electron chi connectivity index (χ2n) is 15.2. The third-order valence-electron chi connectivity index (χ3n) is 9.67. The number of hydrogen-bond acceptors (Lipinski definition) is 6. The lowest BCUT2D eigenvalue weighted by Crippen LogP contribution is -2.41. The molecule has 0 atom stereocenters. The van der Waals surface area contributed by atoms with Crippen molar-refractivity contribution >= 4 is 29.2 Å². The Labute approximate surface area is 293 Å². The van der Waals surface area contributed by atoms with E-state index in [1.54, 1.807) is 4.90 Å². The van der Waals surface area contributed by atoms with Crippen molar-refractivity contribution in [3.63, 3.8) is 0 Å². The summed E-state index contributed by atoms with van der Waals surface area (Å²) in [4.78, 5) is 46.6. The van der Waals surface area contributed by atoms with Crippen LogP contribution in [-0.4, -0.2) is 64.7 Å². The predicted octanol–water partition coefficient (Wildman–Crippen LogP) is 7.24. The molecule has 2 saturated carbocycles. The topological polar surface area (TPSA) is 114 Å². The van der Waals surface area contributed by atoms with Gasteiger partial charge in [-0.2, -0.15) is 0 Å². The Kier molecular flexibility index (Phi) is 9.15. The Bertz CT molecular complexity index is 1950. The number of pyridine rings is 1. The van der Waals surface area contributed by atoms with E-state index >= 15 is 0 Å². The van der Waals surface area contributed by atoms with E-state index < -0.39 is 11.7 Å². The van der Waals surface area contributed by atoms with E-state index in [0.29, 0.717) is 42.2 Å². The van der Waals surface area contributed by atoms with Crippen molar-refractivity contribution in [3.8, 4) is 22.4 Å². The number of carbonyl (C=O) groups is 3. The van der Waals surface area contributed by atoms with Gasteiger partial charge >= 0.3 is 6.09 Å². The van der Waals surface area contributed by atoms with Crippen LogP contribution in [0.1, 0.15) is 91.1 Å². The van der Waals surface area contributed by atoms with E-state index in [0.717, 1.165) is 72.0 Å². The number of nitrogens with one attached hydrogen (secondary N) is 2. The molecule has 3 heterocycles. The van der Waals surface area contributed by atoms with Crippen LogP contribution in [0.25, 0.3) is 28.0 Å². The van der Waals surface area contributed by atoms with Gasteiger partial charge in [0.15, 0.2) is 5.65 Å². The molecule has 3 amide bonds. The van der Waals surface area contributed by atoms with Crippen LogP contribution in [0.4, 0.5) is 10.5 Å². The van der Waals surface area contributed by atoms with Crippen LogP contribution in [0.5, 0.6) is 0 Å². The van der Waals surface area contributed by atoms with Gasteiger partial charge in [0, 0.05) is 60.3 Å². The van der Waals surface area contributed by atoms with Gasteiger partial charge in [0.05, 0.1) is 17.6 Å². The largest absolute Gasteiger partial charge is 0.443 e. The van der Waals surface area contributed by atoms with E-state index in [4.69, 9.17) is 14.5 Å². The number of imidazole rings is 1. The number of hydrogen-bond donors (Lipinski definition) is 2. The van der Waals surface area contributed by atoms with Crippen molar-refractivity contribution in [2.75, 3.05) is 24.7 Å². The summed E-state index contributed by atoms with van der Waals surface area (Å²) in [5.74, 6) is 0.129. The molecule has 0 spiro atoms. The molecule has 1 aliphatic heterocycles. The van der Waals surface area contributed by atoms with Crippen molar-refractivity contribution in [3.05, 3.63) is 77.1 Å². The van der Waals surface area contributed by atoms with Crippen LogP contribution in [0.15, 0.2) is 54.9 Å². The second-order valence-corrected chi connectivity index (χ2v) is 15.2. The first kappa shape index (κ1) is 33.8. The zero-order valence-corrected chi connectivity index (χ0v) is 29.7. The van der Waals surface area contributed by atoms with Crippen LogP contribution in [0.3, 0.4) is 0 Å². The lowest BCUT2D eigenvalue weighted by Gasteiger charge is -2.32. The maximum Gasteiger partial charge on any atom is 0.414 e. The Balaban J connectivity index is 1.34. The Morgan fingerprint density at radius 2 is 1.42 bits per heavy atom. The first-order valence-electron chi connectivity index (χ1n) is 17.9. The van der Waals surface area contributed by atoms with Gasteiger partial charge in [0.25, 0.3) is 11.8 Å². The fraction of sp³-hybridized carbons (Fsp3) is 0.450. The van der Waals surface area contributed by atoms with Gasteiger partial charge in [-0.05, 0) is 120 Å². The lowest BCUT2D eigenvalue weighted by atomic mass is 9.98. The van der Waals surface area contributed by atoms with Crippen LogP contribution >= 0.6 is 0 Å². The molecule has 262 valence electrons. The minimum atomic E-state index is -0.696. The number of rotatable bonds is 9. The summed E-state index contributed by atoms with van der Waals surface area (Å²) in [5.41, 5.74) is 7.11. The van der Waals surface area contributed by atoms with Gasteiger partial charge in [0.2, 0.25) is 0 Å². The molecule has 10 nitrogen and oxygen atoms in total. The fourth-order valence-electron chi connectivity index (χ4n) is 6.57. The van der Waals surface area contributed by atoms with Crippen LogP contribution < -0.4 is 15.5 Å². The highest BCUT2D eigenvalue weighted by Crippen LogP contribution is 2.35. The van der Waals surface area contributed by atoms with Crippen molar-refractivity contribution in [2.24, 2.45) is 5.92 Å². The Hall–Kier alpha value is -4.70. The van der Waals surface area contributed by atoms with E-state index in [1.807, 2.05) is 93.9 Å². The molecule has 2 aliphatic carbocycles. The molecule has 7 rings (SSSR count). The first-order chi connectivity index (χ1) is 23.9. The standard InChI is InChI=1S/C40H47N5O5/c1-24-18-27(6-12-32(24)37(46)42-30-8-9-30)29-20-34(45(39(48)50-40(3,4)5)22-26-14-16-49-17-15-26)36-41-21-35(44(36)23-29)28-7-13-33(25(2)19-28)38(47)43-31-10-11-31/h6-7,12-13,18-21,23,26,30-31H,8-11,14-17,22H2,1-5H3,(H,42,46)(H,43,47). The van der Waals surface area contributed by atoms with Crippen LogP contribution in [0.2, 0.25) is 0 Å². The van der Waals surface area contributed by atoms with Gasteiger partial charge in [-0.15, -0.1) is 0 Å². The number of nitrogens with zero attached hydrogens (tertiary/aromatic N) is 3. The number of anilines is 1. The van der Waals surface area contributed by atoms with Crippen LogP contribution in [0, 0.1) is 19.8 Å². The Morgan fingerprint density at radius 3 is 1.98 bits per heavy atom. The average Bonchev–Trinajstić information content (AvgIpc) is 4.01. The van der Waals surface area contributed by atoms with Crippen LogP contribution in [-0.2, 0) is 9.47 Å². The molecular formula is C40H47N5O5. The summed E-state index contributed by atoms with van der Waals surface area (Å²) in [6.45, 7) is 11.3. The van der Waals surface area contributed by atoms with E-state index in [9.17, 15) is 14.4 Å². The quantitative estimate of drug-likeness (QED) is 0.193. The monoisotopic (exact) mass is 677 g/mol. The lowest BCUT2D eigenvalue weighted by molar-refractivity contribution is 0.0515. The number of aryl methyl sites for hydroxylation is 2. The highest BCUT2D eigenvalue weighted by Gasteiger charge is 2.31. The summed E-state index contributed by atoms with van der Waals surface area (Å²) in [6.07, 6.45) is 9.22. The van der Waals surface area contributed by atoms with Gasteiger partial charge in [-0.25, -0.2) is 9.78 Å². The number of ether oxygens (including phenoxy) is 2. The van der Waals surface area contributed by atoms with E-state index in [1.165, 1.54) is 0 Å². The average molecular weight is 678 g/mol. The third kappa shape index (κ3) is 7.55. The maximum absolute atomic E-state index is 14.0. The molecule has 2 aromatic carbocycles. The summed E-state index contributed by atoms with van der Waals surface area (Å²) >= 11 is 0. The summed E-state index contributed by atoms with van der Waals surface area (Å²) < 4.78 is 13.7. The highest BCUT2D eigenvalue weighted by atomic mass is 16.6. The van der Waals surface area contributed by atoms with Crippen molar-refractivity contribution in [2.45, 2.75) is 90.8 Å². The molecule has 3 aliphatic rings. The molecule has 0 bridgehead atoms. The van der Waals surface area contributed by atoms with Gasteiger partial charge < -0.3 is 20.1 Å². The van der Waals surface area contributed by atoms with Gasteiger partial charge in [-0.3, -0.25) is 18.9 Å². The molecule has 1 saturated heterocycles. The summed E-state index contributed by atoms with van der Waals surface area (Å²) in [7, 11) is 0. The number of aromatic nitrogens is 2. The molecular weight excluding hydrogens is 630 g/mol. The van der Waals surface area contributed by atoms with Crippen molar-refractivity contribution in [1.29, 1.82) is 0 Å². The van der Waals surface area contributed by atoms with Crippen molar-refractivity contribution in [1.82, 2.24) is 20.0 Å². The zero-order chi connectivity index (χ0) is 35.2. The minimum absolute atomic E-state index is 0.0509. The molecule has 0 radical (unpaired) electrons. The molecule has 2 aromatic heterocycles. The normalized spacial score (nSPS) is 16.7. The maximum atomic E-state index is 14.0. The molecule has 4 aromatic rings. The first-order valence-corrected chi connectivity index (χ1v) is 17.9. The second kappa shape index (κ2) is 13.5. The summed E-state index contributed by atoms with van der Waals surface area (Å²) in [5, 5.41) is 6.18. The Morgan fingerprint density at radius 1 is 0.840 bits per heavy atom. The zero-order valence-electron chi connectivity index (χ0n) is 29.7. The molecule has 0 unspecified atom stereocenters. The van der Waals surface area contributed by atoms with Gasteiger partial charge in [0.1, 0.15) is 5.60 Å². The molecule has 3 fully saturated rings. The smallest absolute Gasteiger partial charge is 0.414 e. The van der Waals surface area contributed by atoms with E-state index in [-0.39, 0.29) is 29.8 Å². The molecule has 50 heavy (non-hydrogen) atoms. The number of fused-ring (bicyclic) bond motifs is 1. The number of benzene rings is 2. The number of carbonyl (C=O) groups excluding carboxylic acids is 3. The SMILES string of the molecule is Cc1cc(-c2cc(N(CC3CCOCC3)C(=O)OC(C)(C)C)c3ncc(-c4ccc(C(=O)NC5CC5)c(C)c4)n3c2)ccc1C(=O)NC1CC1. The summed E-state index contributed by atoms with van der Waals surface area (Å²) in [6, 6.07) is 14.3. The predicted molar refractivity (Wildman–Crippen MR) is 194 cm³/mol. The molecule has 10 heteroatoms.